The van der Waals surface area contributed by atoms with E-state index in [0.29, 0.717) is 24.4 Å². The zero-order valence-corrected chi connectivity index (χ0v) is 15.6. The van der Waals surface area contributed by atoms with E-state index in [1.807, 2.05) is 32.3 Å². The van der Waals surface area contributed by atoms with Crippen molar-refractivity contribution >= 4 is 11.8 Å². The highest BCUT2D eigenvalue weighted by molar-refractivity contribution is 5.93. The van der Waals surface area contributed by atoms with Crippen LogP contribution in [0.2, 0.25) is 0 Å². The lowest BCUT2D eigenvalue weighted by molar-refractivity contribution is -0.134. The summed E-state index contributed by atoms with van der Waals surface area (Å²) >= 11 is 0. The zero-order chi connectivity index (χ0) is 18.7. The van der Waals surface area contributed by atoms with Crippen molar-refractivity contribution in [2.24, 2.45) is 13.0 Å². The van der Waals surface area contributed by atoms with Crippen molar-refractivity contribution in [3.8, 4) is 0 Å². The zero-order valence-electron chi connectivity index (χ0n) is 15.6. The van der Waals surface area contributed by atoms with Gasteiger partial charge in [-0.2, -0.15) is 0 Å². The van der Waals surface area contributed by atoms with E-state index in [1.54, 1.807) is 22.6 Å². The Morgan fingerprint density at radius 1 is 1.42 bits per heavy atom. The van der Waals surface area contributed by atoms with Gasteiger partial charge in [-0.1, -0.05) is 12.1 Å². The molecule has 0 aliphatic heterocycles. The maximum atomic E-state index is 12.7. The summed E-state index contributed by atoms with van der Waals surface area (Å²) in [7, 11) is 3.63. The number of nitrogens with zero attached hydrogens (tertiary/aromatic N) is 3. The molecule has 0 spiro atoms. The molecule has 1 fully saturated rings. The van der Waals surface area contributed by atoms with Crippen molar-refractivity contribution in [1.82, 2.24) is 19.9 Å². The number of carbonyl (C=O) groups excluding carboxylic acids is 2. The normalized spacial score (nSPS) is 19.5. The molecule has 2 atom stereocenters. The number of amides is 2. The van der Waals surface area contributed by atoms with Gasteiger partial charge in [0.1, 0.15) is 5.69 Å². The molecule has 0 saturated heterocycles. The summed E-state index contributed by atoms with van der Waals surface area (Å²) in [5.74, 6) is 0.643. The number of aromatic nitrogens is 2. The first-order valence-electron chi connectivity index (χ1n) is 9.09. The molecule has 0 radical (unpaired) electrons. The van der Waals surface area contributed by atoms with Crippen LogP contribution in [0.5, 0.6) is 0 Å². The Labute approximate surface area is 153 Å². The van der Waals surface area contributed by atoms with Gasteiger partial charge >= 0.3 is 0 Å². The number of hydrogen-bond donors (Lipinski definition) is 1. The van der Waals surface area contributed by atoms with Crippen LogP contribution in [-0.2, 0) is 24.8 Å². The number of nitrogens with one attached hydrogen (secondary N) is 1. The highest BCUT2D eigenvalue weighted by Crippen LogP contribution is 2.28. The number of aryl methyl sites for hydroxylation is 2. The molecule has 7 nitrogen and oxygen atoms in total. The van der Waals surface area contributed by atoms with Crippen LogP contribution in [0.25, 0.3) is 0 Å². The summed E-state index contributed by atoms with van der Waals surface area (Å²) < 4.78 is 7.06. The van der Waals surface area contributed by atoms with Crippen molar-refractivity contribution in [1.29, 1.82) is 0 Å². The Morgan fingerprint density at radius 2 is 2.23 bits per heavy atom. The van der Waals surface area contributed by atoms with Crippen LogP contribution >= 0.6 is 0 Å². The van der Waals surface area contributed by atoms with Crippen molar-refractivity contribution in [2.75, 3.05) is 7.05 Å². The lowest BCUT2D eigenvalue weighted by Gasteiger charge is -2.20. The molecule has 7 heteroatoms. The van der Waals surface area contributed by atoms with E-state index in [2.05, 4.69) is 10.5 Å². The molecule has 0 bridgehead atoms. The molecule has 3 rings (SSSR count). The Morgan fingerprint density at radius 3 is 2.88 bits per heavy atom. The molecule has 0 aromatic carbocycles. The van der Waals surface area contributed by atoms with E-state index >= 15 is 0 Å². The molecule has 2 aromatic rings. The molecule has 2 unspecified atom stereocenters. The molecule has 2 amide bonds. The summed E-state index contributed by atoms with van der Waals surface area (Å²) in [5.41, 5.74) is 1.53. The highest BCUT2D eigenvalue weighted by atomic mass is 16.5. The van der Waals surface area contributed by atoms with E-state index in [1.165, 1.54) is 0 Å². The van der Waals surface area contributed by atoms with Gasteiger partial charge in [-0.15, -0.1) is 0 Å². The minimum Gasteiger partial charge on any atom is -0.359 e. The maximum absolute atomic E-state index is 12.7. The van der Waals surface area contributed by atoms with Gasteiger partial charge in [-0.25, -0.2) is 0 Å². The standard InChI is InChI=1S/C19H26N4O3/c1-4-14-11-16(26-21-14)12-23(3)19(25)13-7-8-15(10-13)20-18(24)17-6-5-9-22(17)2/h5-6,9,11,13,15H,4,7-8,10,12H2,1-3H3,(H,20,24). The van der Waals surface area contributed by atoms with Crippen LogP contribution < -0.4 is 5.32 Å². The van der Waals surface area contributed by atoms with E-state index in [-0.39, 0.29) is 23.8 Å². The first kappa shape index (κ1) is 18.2. The summed E-state index contributed by atoms with van der Waals surface area (Å²) in [6.07, 6.45) is 4.95. The molecule has 1 aliphatic rings. The van der Waals surface area contributed by atoms with E-state index in [0.717, 1.165) is 25.0 Å². The topological polar surface area (TPSA) is 80.4 Å². The van der Waals surface area contributed by atoms with Crippen molar-refractivity contribution in [2.45, 2.75) is 45.2 Å². The third kappa shape index (κ3) is 3.98. The van der Waals surface area contributed by atoms with Gasteiger partial charge in [0, 0.05) is 38.3 Å². The lowest BCUT2D eigenvalue weighted by atomic mass is 10.1. The molecular formula is C19H26N4O3. The summed E-state index contributed by atoms with van der Waals surface area (Å²) in [5, 5.41) is 7.01. The minimum atomic E-state index is -0.0855. The van der Waals surface area contributed by atoms with E-state index in [4.69, 9.17) is 4.52 Å². The fourth-order valence-electron chi connectivity index (χ4n) is 3.51. The largest absolute Gasteiger partial charge is 0.359 e. The molecule has 26 heavy (non-hydrogen) atoms. The van der Waals surface area contributed by atoms with Gasteiger partial charge in [0.15, 0.2) is 5.76 Å². The summed E-state index contributed by atoms with van der Waals surface area (Å²) in [4.78, 5) is 26.7. The van der Waals surface area contributed by atoms with Crippen LogP contribution in [0, 0.1) is 5.92 Å². The van der Waals surface area contributed by atoms with Crippen molar-refractivity contribution < 1.29 is 14.1 Å². The third-order valence-corrected chi connectivity index (χ3v) is 5.03. The van der Waals surface area contributed by atoms with Crippen molar-refractivity contribution in [3.05, 3.63) is 41.5 Å². The monoisotopic (exact) mass is 358 g/mol. The number of rotatable bonds is 6. The second kappa shape index (κ2) is 7.76. The van der Waals surface area contributed by atoms with E-state index < -0.39 is 0 Å². The van der Waals surface area contributed by atoms with Crippen molar-refractivity contribution in [3.63, 3.8) is 0 Å². The highest BCUT2D eigenvalue weighted by Gasteiger charge is 2.33. The number of hydrogen-bond acceptors (Lipinski definition) is 4. The quantitative estimate of drug-likeness (QED) is 0.858. The molecule has 1 saturated carbocycles. The lowest BCUT2D eigenvalue weighted by Crippen LogP contribution is -2.36. The Balaban J connectivity index is 1.51. The van der Waals surface area contributed by atoms with Crippen LogP contribution in [0.15, 0.2) is 28.9 Å². The van der Waals surface area contributed by atoms with E-state index in [9.17, 15) is 9.59 Å². The van der Waals surface area contributed by atoms with Crippen LogP contribution in [0.1, 0.15) is 48.1 Å². The molecular weight excluding hydrogens is 332 g/mol. The molecule has 140 valence electrons. The molecule has 1 N–H and O–H groups in total. The predicted molar refractivity (Wildman–Crippen MR) is 96.4 cm³/mol. The summed E-state index contributed by atoms with van der Waals surface area (Å²) in [6, 6.07) is 5.57. The Kier molecular flexibility index (Phi) is 5.44. The SMILES string of the molecule is CCc1cc(CN(C)C(=O)C2CCC(NC(=O)c3cccn3C)C2)on1. The second-order valence-electron chi connectivity index (χ2n) is 7.02. The fourth-order valence-corrected chi connectivity index (χ4v) is 3.51. The second-order valence-corrected chi connectivity index (χ2v) is 7.02. The maximum Gasteiger partial charge on any atom is 0.268 e. The van der Waals surface area contributed by atoms with Gasteiger partial charge < -0.3 is 19.3 Å². The van der Waals surface area contributed by atoms with Gasteiger partial charge in [-0.05, 0) is 37.8 Å². The van der Waals surface area contributed by atoms with Gasteiger partial charge in [0.25, 0.3) is 5.91 Å². The average Bonchev–Trinajstić information content (AvgIpc) is 3.35. The molecule has 2 aromatic heterocycles. The average molecular weight is 358 g/mol. The molecule has 2 heterocycles. The first-order valence-corrected chi connectivity index (χ1v) is 9.09. The predicted octanol–water partition coefficient (Wildman–Crippen LogP) is 2.13. The van der Waals surface area contributed by atoms with Crippen LogP contribution in [0.4, 0.5) is 0 Å². The van der Waals surface area contributed by atoms with Gasteiger partial charge in [0.05, 0.1) is 12.2 Å². The number of carbonyl (C=O) groups is 2. The van der Waals surface area contributed by atoms with Gasteiger partial charge in [-0.3, -0.25) is 9.59 Å². The summed E-state index contributed by atoms with van der Waals surface area (Å²) in [6.45, 7) is 2.43. The van der Waals surface area contributed by atoms with Crippen LogP contribution in [-0.4, -0.2) is 39.5 Å². The minimum absolute atomic E-state index is 0.0386. The van der Waals surface area contributed by atoms with Gasteiger partial charge in [0.2, 0.25) is 5.91 Å². The van der Waals surface area contributed by atoms with Crippen LogP contribution in [0.3, 0.4) is 0 Å². The Hall–Kier alpha value is -2.57. The molecule has 1 aliphatic carbocycles. The third-order valence-electron chi connectivity index (χ3n) is 5.03. The first-order chi connectivity index (χ1) is 12.5. The Bertz CT molecular complexity index is 779. The smallest absolute Gasteiger partial charge is 0.268 e. The fraction of sp³-hybridized carbons (Fsp3) is 0.526.